The van der Waals surface area contributed by atoms with Crippen LogP contribution in [0.15, 0.2) is 11.6 Å². The molecule has 0 saturated carbocycles. The van der Waals surface area contributed by atoms with Crippen LogP contribution in [0.25, 0.3) is 0 Å². The minimum atomic E-state index is -0.587. The number of hydrogen-bond acceptors (Lipinski definition) is 3. The van der Waals surface area contributed by atoms with E-state index in [0.717, 1.165) is 25.9 Å². The summed E-state index contributed by atoms with van der Waals surface area (Å²) in [4.78, 5) is 13.9. The monoisotopic (exact) mass is 236 g/mol. The number of ether oxygens (including phenoxy) is 1. The van der Waals surface area contributed by atoms with Crippen LogP contribution in [-0.4, -0.2) is 36.6 Å². The van der Waals surface area contributed by atoms with E-state index in [0.29, 0.717) is 0 Å². The summed E-state index contributed by atoms with van der Waals surface area (Å²) in [5.41, 5.74) is -0.407. The van der Waals surface area contributed by atoms with Crippen LogP contribution in [0.2, 0.25) is 0 Å². The first kappa shape index (κ1) is 13.7. The number of nitriles is 1. The summed E-state index contributed by atoms with van der Waals surface area (Å²) >= 11 is 0. The van der Waals surface area contributed by atoms with Crippen molar-refractivity contribution in [2.45, 2.75) is 38.7 Å². The second kappa shape index (κ2) is 5.83. The summed E-state index contributed by atoms with van der Waals surface area (Å²) in [6, 6.07) is 1.98. The zero-order chi connectivity index (χ0) is 12.9. The summed E-state index contributed by atoms with van der Waals surface area (Å²) in [5, 5.41) is 9.06. The molecule has 1 aliphatic rings. The molecule has 0 aromatic carbocycles. The average molecular weight is 236 g/mol. The van der Waals surface area contributed by atoms with Gasteiger partial charge >= 0.3 is 0 Å². The summed E-state index contributed by atoms with van der Waals surface area (Å²) in [6.07, 6.45) is 4.82. The number of likely N-dealkylation sites (tertiary alicyclic amines) is 1. The van der Waals surface area contributed by atoms with Gasteiger partial charge in [-0.25, -0.2) is 0 Å². The third kappa shape index (κ3) is 3.86. The fraction of sp³-hybridized carbons (Fsp3) is 0.692. The highest BCUT2D eigenvalue weighted by Gasteiger charge is 2.23. The molecule has 1 aliphatic heterocycles. The van der Waals surface area contributed by atoms with E-state index in [2.05, 4.69) is 0 Å². The predicted octanol–water partition coefficient (Wildman–Crippen LogP) is 1.87. The number of rotatable bonds is 3. The Morgan fingerprint density at radius 1 is 1.35 bits per heavy atom. The highest BCUT2D eigenvalue weighted by molar-refractivity contribution is 5.97. The van der Waals surface area contributed by atoms with E-state index in [9.17, 15) is 4.79 Å². The van der Waals surface area contributed by atoms with Crippen LogP contribution >= 0.6 is 0 Å². The molecule has 0 N–H and O–H groups in total. The molecule has 4 nitrogen and oxygen atoms in total. The molecule has 0 bridgehead atoms. The molecule has 0 spiro atoms. The van der Waals surface area contributed by atoms with Gasteiger partial charge in [0.05, 0.1) is 5.60 Å². The van der Waals surface area contributed by atoms with Crippen LogP contribution in [0.5, 0.6) is 0 Å². The van der Waals surface area contributed by atoms with Crippen LogP contribution in [0.3, 0.4) is 0 Å². The number of carbonyl (C=O) groups is 1. The van der Waals surface area contributed by atoms with Crippen molar-refractivity contribution in [3.05, 3.63) is 11.6 Å². The van der Waals surface area contributed by atoms with Gasteiger partial charge < -0.3 is 9.64 Å². The third-order valence-electron chi connectivity index (χ3n) is 3.01. The first-order valence-electron chi connectivity index (χ1n) is 5.97. The van der Waals surface area contributed by atoms with E-state index < -0.39 is 5.60 Å². The Labute approximate surface area is 103 Å². The largest absolute Gasteiger partial charge is 0.375 e. The van der Waals surface area contributed by atoms with Gasteiger partial charge in [-0.05, 0) is 39.2 Å². The molecule has 94 valence electrons. The van der Waals surface area contributed by atoms with Crippen molar-refractivity contribution in [2.75, 3.05) is 20.2 Å². The first-order valence-corrected chi connectivity index (χ1v) is 5.97. The minimum absolute atomic E-state index is 0.169. The summed E-state index contributed by atoms with van der Waals surface area (Å²) in [7, 11) is 1.57. The normalized spacial score (nSPS) is 17.8. The molecule has 0 aliphatic carbocycles. The molecule has 1 rings (SSSR count). The van der Waals surface area contributed by atoms with Crippen molar-refractivity contribution in [1.82, 2.24) is 4.90 Å². The quantitative estimate of drug-likeness (QED) is 0.555. The van der Waals surface area contributed by atoms with Crippen LogP contribution in [-0.2, 0) is 9.53 Å². The molecule has 0 unspecified atom stereocenters. The van der Waals surface area contributed by atoms with E-state index >= 15 is 0 Å². The maximum atomic E-state index is 12.1. The van der Waals surface area contributed by atoms with Gasteiger partial charge in [-0.3, -0.25) is 4.79 Å². The Kier molecular flexibility index (Phi) is 4.71. The Balaban J connectivity index is 2.80. The summed E-state index contributed by atoms with van der Waals surface area (Å²) < 4.78 is 5.21. The van der Waals surface area contributed by atoms with Crippen molar-refractivity contribution in [3.8, 4) is 6.07 Å². The number of piperidine rings is 1. The van der Waals surface area contributed by atoms with E-state index in [1.807, 2.05) is 19.9 Å². The van der Waals surface area contributed by atoms with Crippen LogP contribution in [0, 0.1) is 11.3 Å². The maximum absolute atomic E-state index is 12.1. The van der Waals surface area contributed by atoms with Gasteiger partial charge in [-0.15, -0.1) is 0 Å². The standard InChI is InChI=1S/C13H20N2O2/c1-13(2,17-3)9-11(10-14)12(16)15-7-5-4-6-8-15/h9H,4-8H2,1-3H3. The summed E-state index contributed by atoms with van der Waals surface area (Å²) in [5.74, 6) is -0.169. The van der Waals surface area contributed by atoms with Gasteiger partial charge in [0, 0.05) is 20.2 Å². The second-order valence-electron chi connectivity index (χ2n) is 4.83. The molecule has 1 amide bonds. The summed E-state index contributed by atoms with van der Waals surface area (Å²) in [6.45, 7) is 5.16. The van der Waals surface area contributed by atoms with Crippen LogP contribution in [0.1, 0.15) is 33.1 Å². The Bertz CT molecular complexity index is 347. The highest BCUT2D eigenvalue weighted by atomic mass is 16.5. The molecule has 0 radical (unpaired) electrons. The first-order chi connectivity index (χ1) is 8.00. The molecule has 1 saturated heterocycles. The lowest BCUT2D eigenvalue weighted by atomic mass is 10.0. The lowest BCUT2D eigenvalue weighted by Crippen LogP contribution is -2.37. The second-order valence-corrected chi connectivity index (χ2v) is 4.83. The smallest absolute Gasteiger partial charge is 0.264 e. The molecule has 0 aromatic rings. The van der Waals surface area contributed by atoms with Gasteiger partial charge in [-0.1, -0.05) is 0 Å². The van der Waals surface area contributed by atoms with Gasteiger partial charge in [0.2, 0.25) is 0 Å². The van der Waals surface area contributed by atoms with Crippen molar-refractivity contribution in [3.63, 3.8) is 0 Å². The van der Waals surface area contributed by atoms with Gasteiger partial charge in [0.15, 0.2) is 0 Å². The minimum Gasteiger partial charge on any atom is -0.375 e. The predicted molar refractivity (Wildman–Crippen MR) is 65.2 cm³/mol. The SMILES string of the molecule is COC(C)(C)C=C(C#N)C(=O)N1CCCCC1. The number of amides is 1. The highest BCUT2D eigenvalue weighted by Crippen LogP contribution is 2.16. The molecule has 17 heavy (non-hydrogen) atoms. The fourth-order valence-corrected chi connectivity index (χ4v) is 1.82. The van der Waals surface area contributed by atoms with Crippen molar-refractivity contribution in [1.29, 1.82) is 5.26 Å². The maximum Gasteiger partial charge on any atom is 0.264 e. The number of nitrogens with zero attached hydrogens (tertiary/aromatic N) is 2. The molecule has 1 fully saturated rings. The van der Waals surface area contributed by atoms with Crippen molar-refractivity contribution in [2.24, 2.45) is 0 Å². The van der Waals surface area contributed by atoms with Gasteiger partial charge in [0.1, 0.15) is 11.6 Å². The van der Waals surface area contributed by atoms with Crippen LogP contribution < -0.4 is 0 Å². The molecule has 1 heterocycles. The fourth-order valence-electron chi connectivity index (χ4n) is 1.82. The lowest BCUT2D eigenvalue weighted by Gasteiger charge is -2.27. The zero-order valence-electron chi connectivity index (χ0n) is 10.8. The molecule has 0 aromatic heterocycles. The van der Waals surface area contributed by atoms with Gasteiger partial charge in [-0.2, -0.15) is 5.26 Å². The van der Waals surface area contributed by atoms with E-state index in [1.54, 1.807) is 18.1 Å². The van der Waals surface area contributed by atoms with Crippen LogP contribution in [0.4, 0.5) is 0 Å². The number of methoxy groups -OCH3 is 1. The van der Waals surface area contributed by atoms with Crippen molar-refractivity contribution < 1.29 is 9.53 Å². The Morgan fingerprint density at radius 3 is 2.41 bits per heavy atom. The zero-order valence-corrected chi connectivity index (χ0v) is 10.8. The average Bonchev–Trinajstić information content (AvgIpc) is 2.36. The Hall–Kier alpha value is -1.34. The van der Waals surface area contributed by atoms with E-state index in [4.69, 9.17) is 10.00 Å². The van der Waals surface area contributed by atoms with Gasteiger partial charge in [0.25, 0.3) is 5.91 Å². The van der Waals surface area contributed by atoms with E-state index in [-0.39, 0.29) is 11.5 Å². The molecule has 4 heteroatoms. The third-order valence-corrected chi connectivity index (χ3v) is 3.01. The number of carbonyl (C=O) groups excluding carboxylic acids is 1. The molecule has 0 atom stereocenters. The topological polar surface area (TPSA) is 53.3 Å². The lowest BCUT2D eigenvalue weighted by molar-refractivity contribution is -0.127. The number of hydrogen-bond donors (Lipinski definition) is 0. The Morgan fingerprint density at radius 2 is 1.94 bits per heavy atom. The van der Waals surface area contributed by atoms with E-state index in [1.165, 1.54) is 6.42 Å². The molecular formula is C13H20N2O2. The molecular weight excluding hydrogens is 216 g/mol. The van der Waals surface area contributed by atoms with Crippen molar-refractivity contribution >= 4 is 5.91 Å².